The number of fused-ring (bicyclic) bond motifs is 2. The maximum absolute atomic E-state index is 14.3. The minimum absolute atomic E-state index is 0.0206. The predicted octanol–water partition coefficient (Wildman–Crippen LogP) is 6.25. The molecule has 36 heavy (non-hydrogen) atoms. The molecule has 0 bridgehead atoms. The Morgan fingerprint density at radius 3 is 1.28 bits per heavy atom. The van der Waals surface area contributed by atoms with Gasteiger partial charge in [0.2, 0.25) is 13.6 Å². The molecule has 7 rings (SSSR count). The quantitative estimate of drug-likeness (QED) is 0.352. The second-order valence-corrected chi connectivity index (χ2v) is 8.70. The molecule has 0 N–H and O–H groups in total. The van der Waals surface area contributed by atoms with Gasteiger partial charge in [-0.3, -0.25) is 4.79 Å². The van der Waals surface area contributed by atoms with Gasteiger partial charge in [-0.2, -0.15) is 0 Å². The van der Waals surface area contributed by atoms with Gasteiger partial charge in [0, 0.05) is 22.3 Å². The molecule has 2 aliphatic heterocycles. The normalized spacial score (nSPS) is 15.7. The van der Waals surface area contributed by atoms with Crippen LogP contribution < -0.4 is 18.9 Å². The van der Waals surface area contributed by atoms with Gasteiger partial charge in [0.05, 0.1) is 0 Å². The summed E-state index contributed by atoms with van der Waals surface area (Å²) in [6, 6.07) is 31.3. The molecular formula is C31H20O5. The number of carbonyl (C=O) groups excluding carboxylic acids is 1. The highest BCUT2D eigenvalue weighted by Crippen LogP contribution is 2.52. The minimum Gasteiger partial charge on any atom is -0.454 e. The van der Waals surface area contributed by atoms with Gasteiger partial charge in [-0.15, -0.1) is 0 Å². The van der Waals surface area contributed by atoms with E-state index < -0.39 is 0 Å². The minimum atomic E-state index is -0.0206. The summed E-state index contributed by atoms with van der Waals surface area (Å²) in [5, 5.41) is 0. The second-order valence-electron chi connectivity index (χ2n) is 8.70. The third kappa shape index (κ3) is 3.21. The molecule has 0 saturated heterocycles. The van der Waals surface area contributed by atoms with Crippen molar-refractivity contribution in [1.29, 1.82) is 0 Å². The van der Waals surface area contributed by atoms with Crippen LogP contribution in [-0.4, -0.2) is 19.4 Å². The standard InChI is InChI=1S/C31H20O5/c32-31-29(19-7-3-1-4-8-19)27(21-11-13-23-25(15-21)35-17-33-23)28(30(31)20-9-5-2-6-10-20)22-12-14-24-26(16-22)36-18-34-24/h1-16H,17-18H2. The number of hydrogen-bond donors (Lipinski definition) is 0. The SMILES string of the molecule is O=C1C(c2ccccc2)=C(c2ccc3c(c2)OCO3)C(c2ccc3c(c2)OCO3)=C1c1ccccc1. The van der Waals surface area contributed by atoms with E-state index in [0.717, 1.165) is 33.4 Å². The van der Waals surface area contributed by atoms with E-state index in [-0.39, 0.29) is 19.4 Å². The maximum Gasteiger partial charge on any atom is 0.231 e. The molecular weight excluding hydrogens is 452 g/mol. The van der Waals surface area contributed by atoms with Crippen LogP contribution in [0.1, 0.15) is 22.3 Å². The van der Waals surface area contributed by atoms with Gasteiger partial charge in [0.15, 0.2) is 28.8 Å². The lowest BCUT2D eigenvalue weighted by Gasteiger charge is -2.14. The molecule has 0 fully saturated rings. The first kappa shape index (κ1) is 20.6. The monoisotopic (exact) mass is 472 g/mol. The number of hydrogen-bond acceptors (Lipinski definition) is 5. The third-order valence-corrected chi connectivity index (χ3v) is 6.65. The largest absolute Gasteiger partial charge is 0.454 e. The fraction of sp³-hybridized carbons (Fsp3) is 0.0645. The number of allylic oxidation sites excluding steroid dienone is 4. The van der Waals surface area contributed by atoms with Gasteiger partial charge in [0.25, 0.3) is 0 Å². The summed E-state index contributed by atoms with van der Waals surface area (Å²) in [6.07, 6.45) is 0. The molecule has 0 aromatic heterocycles. The van der Waals surface area contributed by atoms with Crippen molar-refractivity contribution in [3.8, 4) is 23.0 Å². The maximum atomic E-state index is 14.3. The number of ether oxygens (including phenoxy) is 4. The van der Waals surface area contributed by atoms with Crippen LogP contribution in [0.4, 0.5) is 0 Å². The van der Waals surface area contributed by atoms with E-state index in [1.165, 1.54) is 0 Å². The van der Waals surface area contributed by atoms with Crippen molar-refractivity contribution in [3.05, 3.63) is 119 Å². The van der Waals surface area contributed by atoms with Crippen molar-refractivity contribution in [3.63, 3.8) is 0 Å². The Morgan fingerprint density at radius 1 is 0.417 bits per heavy atom. The van der Waals surface area contributed by atoms with Gasteiger partial charge in [0.1, 0.15) is 0 Å². The van der Waals surface area contributed by atoms with Crippen molar-refractivity contribution >= 4 is 28.1 Å². The molecule has 0 amide bonds. The summed E-state index contributed by atoms with van der Waals surface area (Å²) in [5.74, 6) is 2.70. The van der Waals surface area contributed by atoms with Crippen LogP contribution in [0.3, 0.4) is 0 Å². The van der Waals surface area contributed by atoms with E-state index in [1.54, 1.807) is 0 Å². The van der Waals surface area contributed by atoms with Crippen LogP contribution in [0.5, 0.6) is 23.0 Å². The highest BCUT2D eigenvalue weighted by atomic mass is 16.7. The van der Waals surface area contributed by atoms with Crippen LogP contribution >= 0.6 is 0 Å². The van der Waals surface area contributed by atoms with Gasteiger partial charge < -0.3 is 18.9 Å². The van der Waals surface area contributed by atoms with Crippen LogP contribution in [0, 0.1) is 0 Å². The van der Waals surface area contributed by atoms with Crippen LogP contribution in [0.15, 0.2) is 97.1 Å². The predicted molar refractivity (Wildman–Crippen MR) is 137 cm³/mol. The van der Waals surface area contributed by atoms with Crippen LogP contribution in [0.25, 0.3) is 22.3 Å². The van der Waals surface area contributed by atoms with Crippen molar-refractivity contribution in [2.45, 2.75) is 0 Å². The first-order valence-corrected chi connectivity index (χ1v) is 11.7. The summed E-state index contributed by atoms with van der Waals surface area (Å²) in [7, 11) is 0. The van der Waals surface area contributed by atoms with Crippen molar-refractivity contribution < 1.29 is 23.7 Å². The Kier molecular flexibility index (Phi) is 4.67. The van der Waals surface area contributed by atoms with Gasteiger partial charge in [-0.1, -0.05) is 72.8 Å². The van der Waals surface area contributed by atoms with Crippen LogP contribution in [0.2, 0.25) is 0 Å². The van der Waals surface area contributed by atoms with E-state index in [4.69, 9.17) is 18.9 Å². The van der Waals surface area contributed by atoms with Crippen molar-refractivity contribution in [2.75, 3.05) is 13.6 Å². The highest BCUT2D eigenvalue weighted by Gasteiger charge is 2.36. The Balaban J connectivity index is 1.55. The summed E-state index contributed by atoms with van der Waals surface area (Å²) < 4.78 is 22.5. The summed E-state index contributed by atoms with van der Waals surface area (Å²) in [5.41, 5.74) is 6.49. The molecule has 174 valence electrons. The molecule has 2 heterocycles. The zero-order chi connectivity index (χ0) is 24.1. The average molecular weight is 472 g/mol. The number of rotatable bonds is 4. The van der Waals surface area contributed by atoms with Gasteiger partial charge in [-0.25, -0.2) is 0 Å². The molecule has 0 saturated carbocycles. The fourth-order valence-electron chi connectivity index (χ4n) is 5.04. The molecule has 5 heteroatoms. The van der Waals surface area contributed by atoms with E-state index in [2.05, 4.69) is 0 Å². The molecule has 1 aliphatic carbocycles. The smallest absolute Gasteiger partial charge is 0.231 e. The van der Waals surface area contributed by atoms with Crippen LogP contribution in [-0.2, 0) is 4.79 Å². The lowest BCUT2D eigenvalue weighted by atomic mass is 9.89. The highest BCUT2D eigenvalue weighted by molar-refractivity contribution is 6.59. The molecule has 0 radical (unpaired) electrons. The zero-order valence-corrected chi connectivity index (χ0v) is 19.2. The molecule has 4 aromatic rings. The zero-order valence-electron chi connectivity index (χ0n) is 19.2. The van der Waals surface area contributed by atoms with E-state index in [1.807, 2.05) is 97.1 Å². The lowest BCUT2D eigenvalue weighted by molar-refractivity contribution is -0.108. The number of ketones is 1. The number of benzene rings is 4. The van der Waals surface area contributed by atoms with Gasteiger partial charge >= 0.3 is 0 Å². The lowest BCUT2D eigenvalue weighted by Crippen LogP contribution is -2.01. The molecule has 3 aliphatic rings. The van der Waals surface area contributed by atoms with E-state index in [0.29, 0.717) is 34.1 Å². The Morgan fingerprint density at radius 2 is 0.833 bits per heavy atom. The van der Waals surface area contributed by atoms with E-state index >= 15 is 0 Å². The Labute approximate surface area is 207 Å². The third-order valence-electron chi connectivity index (χ3n) is 6.65. The molecule has 4 aromatic carbocycles. The van der Waals surface area contributed by atoms with E-state index in [9.17, 15) is 4.79 Å². The Hall–Kier alpha value is -4.77. The fourth-order valence-corrected chi connectivity index (χ4v) is 5.04. The van der Waals surface area contributed by atoms with Crippen molar-refractivity contribution in [1.82, 2.24) is 0 Å². The summed E-state index contributed by atoms with van der Waals surface area (Å²) in [4.78, 5) is 14.3. The summed E-state index contributed by atoms with van der Waals surface area (Å²) >= 11 is 0. The topological polar surface area (TPSA) is 54.0 Å². The first-order chi connectivity index (χ1) is 17.8. The number of carbonyl (C=O) groups is 1. The first-order valence-electron chi connectivity index (χ1n) is 11.7. The molecule has 0 unspecified atom stereocenters. The summed E-state index contributed by atoms with van der Waals surface area (Å²) in [6.45, 7) is 0.366. The molecule has 0 spiro atoms. The average Bonchev–Trinajstić information content (AvgIpc) is 3.66. The number of Topliss-reactive ketones (excluding diaryl/α,β-unsaturated/α-hetero) is 1. The van der Waals surface area contributed by atoms with Gasteiger partial charge in [-0.05, 0) is 46.5 Å². The molecule has 0 atom stereocenters. The van der Waals surface area contributed by atoms with Crippen molar-refractivity contribution in [2.24, 2.45) is 0 Å². The molecule has 5 nitrogen and oxygen atoms in total. The second kappa shape index (κ2) is 8.17. The Bertz CT molecular complexity index is 1460.